The van der Waals surface area contributed by atoms with Crippen LogP contribution in [0.3, 0.4) is 0 Å². The maximum Gasteiger partial charge on any atom is 0.230 e. The van der Waals surface area contributed by atoms with Crippen molar-refractivity contribution in [1.29, 1.82) is 0 Å². The maximum atomic E-state index is 12.5. The molecule has 0 spiro atoms. The molecule has 0 atom stereocenters. The van der Waals surface area contributed by atoms with Crippen molar-refractivity contribution in [3.05, 3.63) is 35.9 Å². The van der Waals surface area contributed by atoms with E-state index in [2.05, 4.69) is 12.1 Å². The zero-order chi connectivity index (χ0) is 13.2. The molecule has 0 radical (unpaired) electrons. The first-order chi connectivity index (χ1) is 8.54. The molecule has 2 rings (SSSR count). The average Bonchev–Trinajstić information content (AvgIpc) is 3.20. The van der Waals surface area contributed by atoms with Gasteiger partial charge in [0.05, 0.1) is 5.41 Å². The summed E-state index contributed by atoms with van der Waals surface area (Å²) in [5, 5.41) is 0. The molecule has 1 saturated carbocycles. The van der Waals surface area contributed by atoms with Gasteiger partial charge in [-0.15, -0.1) is 0 Å². The van der Waals surface area contributed by atoms with Crippen LogP contribution in [0, 0.1) is 5.41 Å². The van der Waals surface area contributed by atoms with Gasteiger partial charge in [-0.3, -0.25) is 4.79 Å². The molecule has 18 heavy (non-hydrogen) atoms. The molecule has 1 fully saturated rings. The molecule has 1 aromatic rings. The monoisotopic (exact) mass is 246 g/mol. The highest BCUT2D eigenvalue weighted by Gasteiger charge is 2.38. The third-order valence-corrected chi connectivity index (χ3v) is 3.53. The molecule has 1 amide bonds. The van der Waals surface area contributed by atoms with Crippen LogP contribution in [0.2, 0.25) is 0 Å². The molecule has 3 heteroatoms. The second kappa shape index (κ2) is 5.11. The van der Waals surface area contributed by atoms with Gasteiger partial charge < -0.3 is 10.6 Å². The van der Waals surface area contributed by atoms with Crippen molar-refractivity contribution in [3.8, 4) is 0 Å². The fraction of sp³-hybridized carbons (Fsp3) is 0.533. The van der Waals surface area contributed by atoms with Crippen LogP contribution in [0.4, 0.5) is 0 Å². The topological polar surface area (TPSA) is 46.3 Å². The summed E-state index contributed by atoms with van der Waals surface area (Å²) in [5.74, 6) is 0.177. The molecule has 0 aliphatic heterocycles. The lowest BCUT2D eigenvalue weighted by molar-refractivity contribution is -0.141. The highest BCUT2D eigenvalue weighted by Crippen LogP contribution is 2.32. The summed E-state index contributed by atoms with van der Waals surface area (Å²) in [4.78, 5) is 14.5. The largest absolute Gasteiger partial charge is 0.335 e. The number of carbonyl (C=O) groups is 1. The van der Waals surface area contributed by atoms with Gasteiger partial charge in [-0.25, -0.2) is 0 Å². The summed E-state index contributed by atoms with van der Waals surface area (Å²) in [6.45, 7) is 4.95. The molecule has 98 valence electrons. The van der Waals surface area contributed by atoms with Crippen LogP contribution in [-0.4, -0.2) is 23.4 Å². The molecule has 0 unspecified atom stereocenters. The number of hydrogen-bond donors (Lipinski definition) is 1. The highest BCUT2D eigenvalue weighted by molar-refractivity contribution is 5.82. The van der Waals surface area contributed by atoms with Crippen molar-refractivity contribution in [1.82, 2.24) is 4.90 Å². The normalized spacial score (nSPS) is 15.5. The molecule has 1 aliphatic carbocycles. The SMILES string of the molecule is CC(C)(CN)C(=O)N(Cc1ccccc1)C1CC1. The molecule has 0 saturated heterocycles. The second-order valence-corrected chi connectivity index (χ2v) is 5.74. The lowest BCUT2D eigenvalue weighted by Gasteiger charge is -2.31. The number of rotatable bonds is 5. The predicted octanol–water partition coefficient (Wildman–Crippen LogP) is 2.16. The van der Waals surface area contributed by atoms with Gasteiger partial charge >= 0.3 is 0 Å². The van der Waals surface area contributed by atoms with E-state index in [1.807, 2.05) is 36.9 Å². The van der Waals surface area contributed by atoms with E-state index in [1.54, 1.807) is 0 Å². The van der Waals surface area contributed by atoms with Crippen molar-refractivity contribution in [3.63, 3.8) is 0 Å². The van der Waals surface area contributed by atoms with Gasteiger partial charge in [-0.2, -0.15) is 0 Å². The average molecular weight is 246 g/mol. The number of amides is 1. The van der Waals surface area contributed by atoms with Crippen LogP contribution < -0.4 is 5.73 Å². The Morgan fingerprint density at radius 3 is 2.44 bits per heavy atom. The summed E-state index contributed by atoms with van der Waals surface area (Å²) < 4.78 is 0. The Balaban J connectivity index is 2.12. The molecular formula is C15H22N2O. The smallest absolute Gasteiger partial charge is 0.230 e. The molecule has 0 bridgehead atoms. The second-order valence-electron chi connectivity index (χ2n) is 5.74. The van der Waals surface area contributed by atoms with E-state index in [0.717, 1.165) is 12.8 Å². The van der Waals surface area contributed by atoms with E-state index in [4.69, 9.17) is 5.73 Å². The van der Waals surface area contributed by atoms with Gasteiger partial charge in [-0.05, 0) is 32.3 Å². The lowest BCUT2D eigenvalue weighted by atomic mass is 9.91. The van der Waals surface area contributed by atoms with Gasteiger partial charge in [0.15, 0.2) is 0 Å². The summed E-state index contributed by atoms with van der Waals surface area (Å²) >= 11 is 0. The summed E-state index contributed by atoms with van der Waals surface area (Å²) in [6, 6.07) is 10.6. The molecule has 2 N–H and O–H groups in total. The van der Waals surface area contributed by atoms with Crippen LogP contribution in [0.5, 0.6) is 0 Å². The third kappa shape index (κ3) is 2.91. The third-order valence-electron chi connectivity index (χ3n) is 3.53. The van der Waals surface area contributed by atoms with Gasteiger partial charge in [-0.1, -0.05) is 30.3 Å². The van der Waals surface area contributed by atoms with Gasteiger partial charge in [0, 0.05) is 19.1 Å². The van der Waals surface area contributed by atoms with Gasteiger partial charge in [0.25, 0.3) is 0 Å². The van der Waals surface area contributed by atoms with Crippen molar-refractivity contribution in [2.45, 2.75) is 39.3 Å². The van der Waals surface area contributed by atoms with Crippen LogP contribution in [0.25, 0.3) is 0 Å². The first kappa shape index (κ1) is 13.1. The van der Waals surface area contributed by atoms with Crippen molar-refractivity contribution < 1.29 is 4.79 Å². The molecule has 1 aliphatic rings. The number of benzene rings is 1. The molecule has 0 heterocycles. The van der Waals surface area contributed by atoms with E-state index in [-0.39, 0.29) is 5.91 Å². The molecule has 0 aromatic heterocycles. The summed E-state index contributed by atoms with van der Waals surface area (Å²) in [5.41, 5.74) is 6.44. The minimum absolute atomic E-state index is 0.177. The van der Waals surface area contributed by atoms with E-state index < -0.39 is 5.41 Å². The van der Waals surface area contributed by atoms with Crippen molar-refractivity contribution in [2.75, 3.05) is 6.54 Å². The Hall–Kier alpha value is -1.35. The van der Waals surface area contributed by atoms with E-state index in [1.165, 1.54) is 5.56 Å². The zero-order valence-corrected chi connectivity index (χ0v) is 11.2. The summed E-state index contributed by atoms with van der Waals surface area (Å²) in [7, 11) is 0. The van der Waals surface area contributed by atoms with E-state index >= 15 is 0 Å². The molecule has 3 nitrogen and oxygen atoms in total. The lowest BCUT2D eigenvalue weighted by Crippen LogP contribution is -2.45. The number of carbonyl (C=O) groups excluding carboxylic acids is 1. The van der Waals surface area contributed by atoms with Crippen LogP contribution in [0.1, 0.15) is 32.3 Å². The Morgan fingerprint density at radius 1 is 1.33 bits per heavy atom. The molecule has 1 aromatic carbocycles. The van der Waals surface area contributed by atoms with Crippen molar-refractivity contribution >= 4 is 5.91 Å². The Bertz CT molecular complexity index is 410. The molecular weight excluding hydrogens is 224 g/mol. The first-order valence-electron chi connectivity index (χ1n) is 6.59. The predicted molar refractivity (Wildman–Crippen MR) is 72.8 cm³/mol. The Morgan fingerprint density at radius 2 is 1.94 bits per heavy atom. The van der Waals surface area contributed by atoms with Gasteiger partial charge in [0.2, 0.25) is 5.91 Å². The Kier molecular flexibility index (Phi) is 3.71. The van der Waals surface area contributed by atoms with E-state index in [0.29, 0.717) is 19.1 Å². The van der Waals surface area contributed by atoms with Crippen molar-refractivity contribution in [2.24, 2.45) is 11.1 Å². The van der Waals surface area contributed by atoms with Crippen LogP contribution >= 0.6 is 0 Å². The fourth-order valence-corrected chi connectivity index (χ4v) is 2.01. The van der Waals surface area contributed by atoms with E-state index in [9.17, 15) is 4.79 Å². The highest BCUT2D eigenvalue weighted by atomic mass is 16.2. The minimum atomic E-state index is -0.461. The fourth-order valence-electron chi connectivity index (χ4n) is 2.01. The maximum absolute atomic E-state index is 12.5. The summed E-state index contributed by atoms with van der Waals surface area (Å²) in [6.07, 6.45) is 2.25. The number of nitrogens with zero attached hydrogens (tertiary/aromatic N) is 1. The van der Waals surface area contributed by atoms with Crippen LogP contribution in [0.15, 0.2) is 30.3 Å². The standard InChI is InChI=1S/C15H22N2O/c1-15(2,11-16)14(18)17(13-8-9-13)10-12-6-4-3-5-7-12/h3-7,13H,8-11,16H2,1-2H3. The Labute approximate surface area is 109 Å². The zero-order valence-electron chi connectivity index (χ0n) is 11.2. The quantitative estimate of drug-likeness (QED) is 0.865. The minimum Gasteiger partial charge on any atom is -0.335 e. The van der Waals surface area contributed by atoms with Crippen LogP contribution in [-0.2, 0) is 11.3 Å². The first-order valence-corrected chi connectivity index (χ1v) is 6.59. The number of nitrogens with two attached hydrogens (primary N) is 1. The number of hydrogen-bond acceptors (Lipinski definition) is 2. The van der Waals surface area contributed by atoms with Gasteiger partial charge in [0.1, 0.15) is 0 Å².